The van der Waals surface area contributed by atoms with Gasteiger partial charge in [0, 0.05) is 25.2 Å². The molecule has 0 unspecified atom stereocenters. The highest BCUT2D eigenvalue weighted by atomic mass is 19.1. The molecule has 28 heavy (non-hydrogen) atoms. The first-order valence-electron chi connectivity index (χ1n) is 10.0. The number of aryl methyl sites for hydroxylation is 1. The Kier molecular flexibility index (Phi) is 7.02. The maximum Gasteiger partial charge on any atom is 0.338 e. The summed E-state index contributed by atoms with van der Waals surface area (Å²) in [7, 11) is 0. The molecule has 1 saturated heterocycles. The summed E-state index contributed by atoms with van der Waals surface area (Å²) in [5, 5.41) is 2.95. The summed E-state index contributed by atoms with van der Waals surface area (Å²) in [6.07, 6.45) is 5.64. The number of nitrogens with zero attached hydrogens (tertiary/aromatic N) is 1. The van der Waals surface area contributed by atoms with Crippen LogP contribution in [0.4, 0.5) is 4.39 Å². The average molecular weight is 392 g/mol. The first-order chi connectivity index (χ1) is 13.5. The van der Waals surface area contributed by atoms with Gasteiger partial charge in [-0.25, -0.2) is 9.18 Å². The number of hydrogen-bond donors (Lipinski definition) is 1. The second-order valence-electron chi connectivity index (χ2n) is 7.70. The van der Waals surface area contributed by atoms with Gasteiger partial charge in [0.05, 0.1) is 18.8 Å². The fourth-order valence-electron chi connectivity index (χ4n) is 4.10. The van der Waals surface area contributed by atoms with E-state index >= 15 is 0 Å². The SMILES string of the molecule is Cc1ccc(C(=O)OCC(=O)NCC2(N3CCOCC3)CCCCC2)cc1F. The van der Waals surface area contributed by atoms with Crippen LogP contribution in [0, 0.1) is 12.7 Å². The monoisotopic (exact) mass is 392 g/mol. The summed E-state index contributed by atoms with van der Waals surface area (Å²) >= 11 is 0. The molecule has 1 saturated carbocycles. The van der Waals surface area contributed by atoms with E-state index < -0.39 is 11.8 Å². The Morgan fingerprint density at radius 2 is 1.93 bits per heavy atom. The van der Waals surface area contributed by atoms with Gasteiger partial charge in [0.25, 0.3) is 5.91 Å². The first-order valence-corrected chi connectivity index (χ1v) is 10.0. The van der Waals surface area contributed by atoms with Crippen molar-refractivity contribution in [2.24, 2.45) is 0 Å². The third-order valence-corrected chi connectivity index (χ3v) is 5.82. The van der Waals surface area contributed by atoms with Crippen LogP contribution >= 0.6 is 0 Å². The molecule has 0 bridgehead atoms. The lowest BCUT2D eigenvalue weighted by atomic mass is 9.79. The number of morpholine rings is 1. The Morgan fingerprint density at radius 3 is 2.61 bits per heavy atom. The van der Waals surface area contributed by atoms with E-state index in [-0.39, 0.29) is 23.6 Å². The molecular weight excluding hydrogens is 363 g/mol. The van der Waals surface area contributed by atoms with E-state index in [4.69, 9.17) is 9.47 Å². The Labute approximate surface area is 165 Å². The fraction of sp³-hybridized carbons (Fsp3) is 0.619. The number of nitrogens with one attached hydrogen (secondary N) is 1. The molecule has 154 valence electrons. The summed E-state index contributed by atoms with van der Waals surface area (Å²) < 4.78 is 24.1. The van der Waals surface area contributed by atoms with Gasteiger partial charge in [0.15, 0.2) is 6.61 Å². The number of ether oxygens (including phenoxy) is 2. The summed E-state index contributed by atoms with van der Waals surface area (Å²) in [4.78, 5) is 26.7. The molecule has 0 spiro atoms. The fourth-order valence-corrected chi connectivity index (χ4v) is 4.10. The molecule has 0 aromatic heterocycles. The number of benzene rings is 1. The second-order valence-corrected chi connectivity index (χ2v) is 7.70. The van der Waals surface area contributed by atoms with Gasteiger partial charge in [0.1, 0.15) is 5.82 Å². The molecule has 6 nitrogen and oxygen atoms in total. The molecule has 1 aliphatic carbocycles. The smallest absolute Gasteiger partial charge is 0.338 e. The van der Waals surface area contributed by atoms with E-state index in [1.54, 1.807) is 6.92 Å². The van der Waals surface area contributed by atoms with Gasteiger partial charge in [-0.15, -0.1) is 0 Å². The topological polar surface area (TPSA) is 67.9 Å². The molecule has 3 rings (SSSR count). The van der Waals surface area contributed by atoms with Crippen LogP contribution in [0.5, 0.6) is 0 Å². The maximum absolute atomic E-state index is 13.6. The molecule has 1 amide bonds. The predicted molar refractivity (Wildman–Crippen MR) is 103 cm³/mol. The lowest BCUT2D eigenvalue weighted by Gasteiger charge is -2.48. The molecule has 1 aromatic rings. The summed E-state index contributed by atoms with van der Waals surface area (Å²) in [5.41, 5.74) is 0.519. The summed E-state index contributed by atoms with van der Waals surface area (Å²) in [5.74, 6) is -1.50. The Morgan fingerprint density at radius 1 is 1.21 bits per heavy atom. The van der Waals surface area contributed by atoms with Crippen molar-refractivity contribution in [3.8, 4) is 0 Å². The van der Waals surface area contributed by atoms with E-state index in [9.17, 15) is 14.0 Å². The number of carbonyl (C=O) groups is 2. The van der Waals surface area contributed by atoms with Crippen LogP contribution in [0.15, 0.2) is 18.2 Å². The maximum atomic E-state index is 13.6. The summed E-state index contributed by atoms with van der Waals surface area (Å²) in [6, 6.07) is 4.14. The van der Waals surface area contributed by atoms with Crippen molar-refractivity contribution >= 4 is 11.9 Å². The van der Waals surface area contributed by atoms with Gasteiger partial charge in [0.2, 0.25) is 0 Å². The summed E-state index contributed by atoms with van der Waals surface area (Å²) in [6.45, 7) is 5.00. The molecule has 2 aliphatic rings. The van der Waals surface area contributed by atoms with Crippen molar-refractivity contribution in [2.45, 2.75) is 44.6 Å². The van der Waals surface area contributed by atoms with Crippen molar-refractivity contribution < 1.29 is 23.5 Å². The van der Waals surface area contributed by atoms with Crippen LogP contribution in [0.25, 0.3) is 0 Å². The number of rotatable bonds is 6. The minimum atomic E-state index is -0.699. The molecule has 7 heteroatoms. The number of esters is 1. The molecule has 0 radical (unpaired) electrons. The highest BCUT2D eigenvalue weighted by molar-refractivity contribution is 5.91. The average Bonchev–Trinajstić information content (AvgIpc) is 2.73. The number of amides is 1. The highest BCUT2D eigenvalue weighted by Crippen LogP contribution is 2.33. The Hall–Kier alpha value is -1.99. The lowest BCUT2D eigenvalue weighted by Crippen LogP contribution is -2.59. The van der Waals surface area contributed by atoms with Crippen LogP contribution in [0.2, 0.25) is 0 Å². The van der Waals surface area contributed by atoms with Gasteiger partial charge in [-0.05, 0) is 37.5 Å². The zero-order valence-electron chi connectivity index (χ0n) is 16.5. The molecular formula is C21H29FN2O4. The quantitative estimate of drug-likeness (QED) is 0.754. The molecule has 1 aliphatic heterocycles. The minimum absolute atomic E-state index is 0.0399. The standard InChI is InChI=1S/C21H29FN2O4/c1-16-5-6-17(13-18(16)22)20(26)28-14-19(25)23-15-21(7-3-2-4-8-21)24-9-11-27-12-10-24/h5-6,13H,2-4,7-12,14-15H2,1H3,(H,23,25). The number of hydrogen-bond acceptors (Lipinski definition) is 5. The largest absolute Gasteiger partial charge is 0.452 e. The van der Waals surface area contributed by atoms with Crippen molar-refractivity contribution in [1.82, 2.24) is 10.2 Å². The van der Waals surface area contributed by atoms with Crippen LogP contribution in [0.3, 0.4) is 0 Å². The van der Waals surface area contributed by atoms with E-state index in [0.717, 1.165) is 58.1 Å². The van der Waals surface area contributed by atoms with E-state index in [1.165, 1.54) is 18.6 Å². The predicted octanol–water partition coefficient (Wildman–Crippen LogP) is 2.44. The Bertz CT molecular complexity index is 698. The van der Waals surface area contributed by atoms with Gasteiger partial charge in [-0.1, -0.05) is 25.3 Å². The molecule has 2 fully saturated rings. The van der Waals surface area contributed by atoms with Crippen molar-refractivity contribution in [3.63, 3.8) is 0 Å². The van der Waals surface area contributed by atoms with Gasteiger partial charge in [-0.3, -0.25) is 9.69 Å². The molecule has 1 aromatic carbocycles. The van der Waals surface area contributed by atoms with Crippen molar-refractivity contribution in [3.05, 3.63) is 35.1 Å². The van der Waals surface area contributed by atoms with Gasteiger partial charge in [-0.2, -0.15) is 0 Å². The third kappa shape index (κ3) is 5.08. The molecule has 0 atom stereocenters. The van der Waals surface area contributed by atoms with E-state index in [0.29, 0.717) is 12.1 Å². The normalized spacial score (nSPS) is 19.8. The highest BCUT2D eigenvalue weighted by Gasteiger charge is 2.38. The first kappa shape index (κ1) is 20.7. The molecule has 1 N–H and O–H groups in total. The third-order valence-electron chi connectivity index (χ3n) is 5.82. The van der Waals surface area contributed by atoms with Crippen LogP contribution in [0.1, 0.15) is 48.0 Å². The minimum Gasteiger partial charge on any atom is -0.452 e. The lowest BCUT2D eigenvalue weighted by molar-refractivity contribution is -0.125. The van der Waals surface area contributed by atoms with E-state index in [1.807, 2.05) is 0 Å². The van der Waals surface area contributed by atoms with Crippen LogP contribution in [-0.2, 0) is 14.3 Å². The zero-order chi connectivity index (χ0) is 20.0. The zero-order valence-corrected chi connectivity index (χ0v) is 16.5. The van der Waals surface area contributed by atoms with E-state index in [2.05, 4.69) is 10.2 Å². The van der Waals surface area contributed by atoms with Gasteiger partial charge < -0.3 is 14.8 Å². The van der Waals surface area contributed by atoms with Crippen molar-refractivity contribution in [1.29, 1.82) is 0 Å². The molecule has 1 heterocycles. The number of halogens is 1. The van der Waals surface area contributed by atoms with Crippen LogP contribution in [-0.4, -0.2) is 61.8 Å². The van der Waals surface area contributed by atoms with Crippen LogP contribution < -0.4 is 5.32 Å². The van der Waals surface area contributed by atoms with Crippen molar-refractivity contribution in [2.75, 3.05) is 39.5 Å². The Balaban J connectivity index is 1.51. The second kappa shape index (κ2) is 9.47. The van der Waals surface area contributed by atoms with Gasteiger partial charge >= 0.3 is 5.97 Å². The number of carbonyl (C=O) groups excluding carboxylic acids is 2.